The van der Waals surface area contributed by atoms with Gasteiger partial charge in [0.1, 0.15) is 11.8 Å². The number of thioether (sulfide) groups is 1. The predicted molar refractivity (Wildman–Crippen MR) is 169 cm³/mol. The molecule has 3 unspecified atom stereocenters. The maximum atomic E-state index is 14.5. The van der Waals surface area contributed by atoms with Gasteiger partial charge in [0, 0.05) is 43.7 Å². The fraction of sp³-hybridized carbons (Fsp3) is 0.606. The van der Waals surface area contributed by atoms with Crippen molar-refractivity contribution >= 4 is 35.2 Å². The number of carbonyl (C=O) groups excluding carboxylic acids is 3. The molecule has 4 rings (SSSR count). The van der Waals surface area contributed by atoms with E-state index < -0.39 is 22.6 Å². The van der Waals surface area contributed by atoms with Crippen molar-refractivity contribution in [2.45, 2.75) is 68.9 Å². The van der Waals surface area contributed by atoms with Crippen LogP contribution in [-0.2, 0) is 14.4 Å². The number of hydrogen-bond donors (Lipinski definition) is 1. The molecule has 3 saturated heterocycles. The van der Waals surface area contributed by atoms with Crippen LogP contribution >= 0.6 is 11.8 Å². The Morgan fingerprint density at radius 2 is 1.83 bits per heavy atom. The molecular formula is C33H47N3O5S. The van der Waals surface area contributed by atoms with Crippen LogP contribution in [0.2, 0.25) is 0 Å². The first-order valence-corrected chi connectivity index (χ1v) is 16.3. The van der Waals surface area contributed by atoms with Crippen molar-refractivity contribution in [2.24, 2.45) is 17.8 Å². The minimum absolute atomic E-state index is 0.0290. The highest BCUT2D eigenvalue weighted by atomic mass is 32.2. The summed E-state index contributed by atoms with van der Waals surface area (Å²) < 4.78 is 4.92. The summed E-state index contributed by atoms with van der Waals surface area (Å²) in [6.45, 7) is 16.3. The highest BCUT2D eigenvalue weighted by Crippen LogP contribution is 2.69. The molecule has 8 nitrogen and oxygen atoms in total. The second kappa shape index (κ2) is 14.1. The number of amides is 3. The zero-order valence-electron chi connectivity index (χ0n) is 25.4. The van der Waals surface area contributed by atoms with Crippen LogP contribution in [0.4, 0.5) is 5.69 Å². The number of ether oxygens (including phenoxy) is 1. The Morgan fingerprint density at radius 1 is 1.12 bits per heavy atom. The van der Waals surface area contributed by atoms with Crippen LogP contribution in [0.1, 0.15) is 52.9 Å². The lowest BCUT2D eigenvalue weighted by Gasteiger charge is -2.41. The van der Waals surface area contributed by atoms with E-state index in [0.717, 1.165) is 30.7 Å². The molecule has 0 radical (unpaired) electrons. The minimum atomic E-state index is -0.678. The van der Waals surface area contributed by atoms with Crippen molar-refractivity contribution in [3.8, 4) is 5.75 Å². The van der Waals surface area contributed by atoms with E-state index in [1.54, 1.807) is 33.7 Å². The lowest BCUT2D eigenvalue weighted by Crippen LogP contribution is -2.57. The molecule has 3 aliphatic heterocycles. The standard InChI is InChI=1S/C33H47N3O5S/c1-6-10-19-34(17-7-2)32(40)29-33-23(5)22-26(42-33)27(28(33)31(39)36(29)20-11-12-21-37)30(38)35(18-8-3)24-13-15-25(16-14-24)41-9-4/h7-8,13-16,23,26-29,37H,2-3,6,9-12,17-22H2,1,4-5H3/t23?,26-,27+,28-,29?,33?/m0/s1. The Balaban J connectivity index is 1.73. The van der Waals surface area contributed by atoms with Crippen LogP contribution in [0.3, 0.4) is 0 Å². The van der Waals surface area contributed by atoms with Crippen LogP contribution in [0.25, 0.3) is 0 Å². The largest absolute Gasteiger partial charge is 0.494 e. The number of carbonyl (C=O) groups is 3. The fourth-order valence-corrected chi connectivity index (χ4v) is 9.61. The number of aliphatic hydroxyl groups excluding tert-OH is 1. The van der Waals surface area contributed by atoms with Gasteiger partial charge in [-0.2, -0.15) is 0 Å². The Hall–Kier alpha value is -2.78. The molecular weight excluding hydrogens is 550 g/mol. The topological polar surface area (TPSA) is 90.4 Å². The molecule has 230 valence electrons. The van der Waals surface area contributed by atoms with Gasteiger partial charge in [-0.25, -0.2) is 0 Å². The van der Waals surface area contributed by atoms with E-state index in [0.29, 0.717) is 45.6 Å². The summed E-state index contributed by atoms with van der Waals surface area (Å²) in [6.07, 6.45) is 7.20. The predicted octanol–water partition coefficient (Wildman–Crippen LogP) is 4.53. The summed E-state index contributed by atoms with van der Waals surface area (Å²) in [5.41, 5.74) is 0.729. The first-order chi connectivity index (χ1) is 20.3. The molecule has 1 spiro atoms. The summed E-state index contributed by atoms with van der Waals surface area (Å²) in [6, 6.07) is 6.80. The van der Waals surface area contributed by atoms with E-state index in [1.165, 1.54) is 0 Å². The maximum Gasteiger partial charge on any atom is 0.247 e. The Morgan fingerprint density at radius 3 is 2.45 bits per heavy atom. The summed E-state index contributed by atoms with van der Waals surface area (Å²) in [4.78, 5) is 48.6. The van der Waals surface area contributed by atoms with Crippen LogP contribution < -0.4 is 9.64 Å². The molecule has 9 heteroatoms. The first-order valence-electron chi connectivity index (χ1n) is 15.4. The van der Waals surface area contributed by atoms with E-state index >= 15 is 0 Å². The number of rotatable bonds is 16. The van der Waals surface area contributed by atoms with Crippen molar-refractivity contribution in [3.63, 3.8) is 0 Å². The van der Waals surface area contributed by atoms with Crippen LogP contribution in [0.5, 0.6) is 5.75 Å². The summed E-state index contributed by atoms with van der Waals surface area (Å²) in [5, 5.41) is 9.42. The number of anilines is 1. The molecule has 3 fully saturated rings. The van der Waals surface area contributed by atoms with Gasteiger partial charge in [-0.05, 0) is 62.8 Å². The number of aliphatic hydroxyl groups is 1. The number of fused-ring (bicyclic) bond motifs is 1. The molecule has 3 amide bonds. The van der Waals surface area contributed by atoms with Gasteiger partial charge in [-0.1, -0.05) is 32.4 Å². The number of benzene rings is 1. The highest BCUT2D eigenvalue weighted by molar-refractivity contribution is 8.02. The number of hydrogen-bond acceptors (Lipinski definition) is 6. The molecule has 0 aromatic heterocycles. The molecule has 1 aromatic carbocycles. The van der Waals surface area contributed by atoms with Gasteiger partial charge in [-0.15, -0.1) is 24.9 Å². The van der Waals surface area contributed by atoms with E-state index in [1.807, 2.05) is 36.1 Å². The van der Waals surface area contributed by atoms with E-state index in [4.69, 9.17) is 4.74 Å². The van der Waals surface area contributed by atoms with Gasteiger partial charge < -0.3 is 24.5 Å². The molecule has 1 N–H and O–H groups in total. The molecule has 3 heterocycles. The second-order valence-electron chi connectivity index (χ2n) is 11.6. The van der Waals surface area contributed by atoms with Crippen molar-refractivity contribution in [1.82, 2.24) is 9.80 Å². The number of unbranched alkanes of at least 4 members (excludes halogenated alkanes) is 2. The summed E-state index contributed by atoms with van der Waals surface area (Å²) in [7, 11) is 0. The summed E-state index contributed by atoms with van der Waals surface area (Å²) in [5.74, 6) is -0.548. The molecule has 6 atom stereocenters. The van der Waals surface area contributed by atoms with Crippen molar-refractivity contribution in [1.29, 1.82) is 0 Å². The van der Waals surface area contributed by atoms with Crippen molar-refractivity contribution < 1.29 is 24.2 Å². The smallest absolute Gasteiger partial charge is 0.247 e. The van der Waals surface area contributed by atoms with Gasteiger partial charge >= 0.3 is 0 Å². The Bertz CT molecular complexity index is 1140. The highest BCUT2D eigenvalue weighted by Gasteiger charge is 2.76. The normalized spacial score (nSPS) is 27.6. The van der Waals surface area contributed by atoms with Crippen LogP contribution in [0, 0.1) is 17.8 Å². The van der Waals surface area contributed by atoms with E-state index in [-0.39, 0.29) is 35.5 Å². The lowest BCUT2D eigenvalue weighted by atomic mass is 9.65. The molecule has 0 saturated carbocycles. The zero-order chi connectivity index (χ0) is 30.4. The number of likely N-dealkylation sites (tertiary alicyclic amines) is 1. The second-order valence-corrected chi connectivity index (χ2v) is 13.2. The van der Waals surface area contributed by atoms with Crippen LogP contribution in [-0.4, -0.2) is 88.1 Å². The molecule has 3 aliphatic rings. The van der Waals surface area contributed by atoms with Crippen molar-refractivity contribution in [2.75, 3.05) is 44.3 Å². The molecule has 0 aliphatic carbocycles. The third-order valence-corrected chi connectivity index (χ3v) is 11.1. The third-order valence-electron chi connectivity index (χ3n) is 9.05. The Kier molecular flexibility index (Phi) is 10.8. The van der Waals surface area contributed by atoms with Gasteiger partial charge in [0.15, 0.2) is 0 Å². The summed E-state index contributed by atoms with van der Waals surface area (Å²) >= 11 is 1.70. The van der Waals surface area contributed by atoms with E-state index in [9.17, 15) is 19.5 Å². The lowest BCUT2D eigenvalue weighted by molar-refractivity contribution is -0.142. The molecule has 1 aromatic rings. The number of nitrogens with zero attached hydrogens (tertiary/aromatic N) is 3. The fourth-order valence-electron chi connectivity index (χ4n) is 7.21. The maximum absolute atomic E-state index is 14.5. The average Bonchev–Trinajstić information content (AvgIpc) is 3.57. The SMILES string of the molecule is C=CCN(CCCC)C(=O)C1N(CCCCO)C(=O)[C@@H]2[C@H](C(=O)N(CC=C)c3ccc(OCC)cc3)[C@@H]3CC(C)C12S3. The molecule has 42 heavy (non-hydrogen) atoms. The zero-order valence-corrected chi connectivity index (χ0v) is 26.2. The van der Waals surface area contributed by atoms with Gasteiger partial charge in [0.25, 0.3) is 0 Å². The third kappa shape index (κ3) is 5.74. The molecule has 2 bridgehead atoms. The minimum Gasteiger partial charge on any atom is -0.494 e. The quantitative estimate of drug-likeness (QED) is 0.223. The van der Waals surface area contributed by atoms with Gasteiger partial charge in [-0.3, -0.25) is 14.4 Å². The first kappa shape index (κ1) is 32.1. The van der Waals surface area contributed by atoms with Gasteiger partial charge in [0.05, 0.1) is 23.2 Å². The van der Waals surface area contributed by atoms with Crippen molar-refractivity contribution in [3.05, 3.63) is 49.6 Å². The van der Waals surface area contributed by atoms with Crippen LogP contribution in [0.15, 0.2) is 49.6 Å². The average molecular weight is 598 g/mol. The Labute approximate surface area is 255 Å². The monoisotopic (exact) mass is 597 g/mol. The van der Waals surface area contributed by atoms with E-state index in [2.05, 4.69) is 27.0 Å². The van der Waals surface area contributed by atoms with Gasteiger partial charge in [0.2, 0.25) is 17.7 Å².